The fraction of sp³-hybridized carbons (Fsp3) is 0.857. The van der Waals surface area contributed by atoms with Crippen LogP contribution in [0.3, 0.4) is 0 Å². The molecular weight excluding hydrogens is 296 g/mol. The second-order valence-electron chi connectivity index (χ2n) is 4.95. The molecule has 0 unspecified atom stereocenters. The van der Waals surface area contributed by atoms with Crippen LogP contribution in [0.25, 0.3) is 0 Å². The van der Waals surface area contributed by atoms with Crippen LogP contribution < -0.4 is 0 Å². The maximum Gasteiger partial charge on any atom is 0.161 e. The lowest BCUT2D eigenvalue weighted by atomic mass is 10.3. The van der Waals surface area contributed by atoms with E-state index in [1.807, 2.05) is 13.8 Å². The highest BCUT2D eigenvalue weighted by Gasteiger charge is 2.09. The summed E-state index contributed by atoms with van der Waals surface area (Å²) in [5, 5.41) is 0. The molecule has 0 aliphatic carbocycles. The molecule has 0 heterocycles. The minimum absolute atomic E-state index is 0.138. The molecule has 0 aromatic rings. The monoisotopic (exact) mass is 322 g/mol. The second kappa shape index (κ2) is 10.2. The highest BCUT2D eigenvalue weighted by Crippen LogP contribution is 2.01. The molecule has 0 aliphatic rings. The van der Waals surface area contributed by atoms with Crippen LogP contribution in [0.5, 0.6) is 0 Å². The molecule has 6 heteroatoms. The molecule has 0 saturated carbocycles. The average molecular weight is 322 g/mol. The predicted octanol–water partition coefficient (Wildman–Crippen LogP) is 2.20. The van der Waals surface area contributed by atoms with E-state index in [4.69, 9.17) is 0 Å². The van der Waals surface area contributed by atoms with Gasteiger partial charge in [-0.2, -0.15) is 0 Å². The first-order valence-electron chi connectivity index (χ1n) is 7.19. The molecule has 20 heavy (non-hydrogen) atoms. The van der Waals surface area contributed by atoms with Gasteiger partial charge in [0.1, 0.15) is 11.5 Å². The summed E-state index contributed by atoms with van der Waals surface area (Å²) in [6.45, 7) is 4.02. The summed E-state index contributed by atoms with van der Waals surface area (Å²) in [5.74, 6) is 4.77. The van der Waals surface area contributed by atoms with Crippen molar-refractivity contribution in [2.24, 2.45) is 0 Å². The van der Waals surface area contributed by atoms with Crippen molar-refractivity contribution in [3.05, 3.63) is 0 Å². The van der Waals surface area contributed by atoms with Gasteiger partial charge in [-0.05, 0) is 12.8 Å². The first kappa shape index (κ1) is 19.5. The Labute approximate surface area is 124 Å². The molecule has 0 aromatic heterocycles. The van der Waals surface area contributed by atoms with E-state index in [1.54, 1.807) is 0 Å². The van der Waals surface area contributed by atoms with Crippen molar-refractivity contribution in [3.8, 4) is 11.8 Å². The van der Waals surface area contributed by atoms with Gasteiger partial charge in [-0.15, -0.1) is 0 Å². The Morgan fingerprint density at radius 3 is 1.30 bits per heavy atom. The van der Waals surface area contributed by atoms with E-state index in [0.29, 0.717) is 12.8 Å². The Bertz CT molecular complexity index is 461. The first-order chi connectivity index (χ1) is 9.33. The van der Waals surface area contributed by atoms with Gasteiger partial charge >= 0.3 is 0 Å². The average Bonchev–Trinajstić information content (AvgIpc) is 2.35. The van der Waals surface area contributed by atoms with E-state index in [-0.39, 0.29) is 23.0 Å². The Hall–Kier alpha value is -0.540. The second-order valence-corrected chi connectivity index (χ2v) is 9.32. The van der Waals surface area contributed by atoms with E-state index in [2.05, 4.69) is 11.8 Å². The molecule has 0 aromatic carbocycles. The van der Waals surface area contributed by atoms with E-state index in [9.17, 15) is 16.8 Å². The fourth-order valence-corrected chi connectivity index (χ4v) is 3.83. The van der Waals surface area contributed by atoms with Crippen molar-refractivity contribution >= 4 is 19.7 Å². The quantitative estimate of drug-likeness (QED) is 0.457. The maximum atomic E-state index is 11.6. The summed E-state index contributed by atoms with van der Waals surface area (Å²) in [7, 11) is -6.32. The van der Waals surface area contributed by atoms with Crippen molar-refractivity contribution < 1.29 is 16.8 Å². The zero-order valence-electron chi connectivity index (χ0n) is 12.5. The van der Waals surface area contributed by atoms with E-state index in [0.717, 1.165) is 25.7 Å². The van der Waals surface area contributed by atoms with Crippen LogP contribution in [-0.2, 0) is 19.7 Å². The Morgan fingerprint density at radius 2 is 1.00 bits per heavy atom. The van der Waals surface area contributed by atoms with Gasteiger partial charge in [0, 0.05) is 0 Å². The number of rotatable bonds is 10. The molecule has 0 saturated heterocycles. The standard InChI is InChI=1S/C14H26O4S2/c1-3-5-7-11-19(15,16)13-9-10-14-20(17,18)12-8-6-4-2/h3-8,11-14H2,1-2H3. The summed E-state index contributed by atoms with van der Waals surface area (Å²) in [4.78, 5) is 0. The Kier molecular flexibility index (Phi) is 9.95. The van der Waals surface area contributed by atoms with Gasteiger partial charge < -0.3 is 0 Å². The normalized spacial score (nSPS) is 11.9. The molecule has 118 valence electrons. The zero-order valence-corrected chi connectivity index (χ0v) is 14.2. The van der Waals surface area contributed by atoms with Crippen LogP contribution >= 0.6 is 0 Å². The molecule has 0 spiro atoms. The minimum atomic E-state index is -3.16. The van der Waals surface area contributed by atoms with E-state index >= 15 is 0 Å². The van der Waals surface area contributed by atoms with Crippen molar-refractivity contribution in [1.29, 1.82) is 0 Å². The summed E-state index contributed by atoms with van der Waals surface area (Å²) in [6, 6.07) is 0. The van der Waals surface area contributed by atoms with E-state index < -0.39 is 19.7 Å². The molecule has 0 N–H and O–H groups in total. The van der Waals surface area contributed by atoms with E-state index in [1.165, 1.54) is 0 Å². The van der Waals surface area contributed by atoms with Gasteiger partial charge in [-0.25, -0.2) is 16.8 Å². The SMILES string of the molecule is CCCCCS(=O)(=O)CC#CCS(=O)(=O)CCCCC. The molecular formula is C14H26O4S2. The van der Waals surface area contributed by atoms with Gasteiger partial charge in [0.2, 0.25) is 0 Å². The molecule has 0 rings (SSSR count). The van der Waals surface area contributed by atoms with Crippen LogP contribution in [0.4, 0.5) is 0 Å². The lowest BCUT2D eigenvalue weighted by molar-refractivity contribution is 0.592. The summed E-state index contributed by atoms with van der Waals surface area (Å²) in [5.41, 5.74) is 0. The van der Waals surface area contributed by atoms with Gasteiger partial charge in [0.15, 0.2) is 19.7 Å². The first-order valence-corrected chi connectivity index (χ1v) is 10.8. The van der Waals surface area contributed by atoms with Crippen LogP contribution in [0.15, 0.2) is 0 Å². The highest BCUT2D eigenvalue weighted by molar-refractivity contribution is 7.92. The topological polar surface area (TPSA) is 68.3 Å². The van der Waals surface area contributed by atoms with Crippen molar-refractivity contribution in [2.75, 3.05) is 23.0 Å². The van der Waals surface area contributed by atoms with Gasteiger partial charge in [0.25, 0.3) is 0 Å². The number of unbranched alkanes of at least 4 members (excludes halogenated alkanes) is 4. The van der Waals surface area contributed by atoms with Crippen molar-refractivity contribution in [3.63, 3.8) is 0 Å². The van der Waals surface area contributed by atoms with Crippen LogP contribution in [-0.4, -0.2) is 39.8 Å². The fourth-order valence-electron chi connectivity index (χ4n) is 1.61. The number of sulfone groups is 2. The summed E-state index contributed by atoms with van der Waals surface area (Å²) < 4.78 is 46.4. The van der Waals surface area contributed by atoms with Crippen LogP contribution in [0.1, 0.15) is 52.4 Å². The molecule has 4 nitrogen and oxygen atoms in total. The highest BCUT2D eigenvalue weighted by atomic mass is 32.2. The Morgan fingerprint density at radius 1 is 0.650 bits per heavy atom. The molecule has 0 fully saturated rings. The molecule has 0 aliphatic heterocycles. The Balaban J connectivity index is 4.14. The van der Waals surface area contributed by atoms with Gasteiger partial charge in [-0.3, -0.25) is 0 Å². The molecule has 0 atom stereocenters. The van der Waals surface area contributed by atoms with Crippen molar-refractivity contribution in [2.45, 2.75) is 52.4 Å². The third-order valence-corrected chi connectivity index (χ3v) is 5.82. The maximum absolute atomic E-state index is 11.6. The lowest BCUT2D eigenvalue weighted by Gasteiger charge is -1.99. The van der Waals surface area contributed by atoms with Crippen molar-refractivity contribution in [1.82, 2.24) is 0 Å². The number of hydrogen-bond acceptors (Lipinski definition) is 4. The molecule has 0 amide bonds. The third-order valence-electron chi connectivity index (χ3n) is 2.83. The zero-order chi connectivity index (χ0) is 15.5. The molecule has 0 bridgehead atoms. The van der Waals surface area contributed by atoms with Crippen LogP contribution in [0, 0.1) is 11.8 Å². The number of hydrogen-bond donors (Lipinski definition) is 0. The lowest BCUT2D eigenvalue weighted by Crippen LogP contribution is -2.11. The van der Waals surface area contributed by atoms with Crippen LogP contribution in [0.2, 0.25) is 0 Å². The largest absolute Gasteiger partial charge is 0.228 e. The van der Waals surface area contributed by atoms with Gasteiger partial charge in [-0.1, -0.05) is 51.4 Å². The van der Waals surface area contributed by atoms with Gasteiger partial charge in [0.05, 0.1) is 11.5 Å². The third kappa shape index (κ3) is 11.3. The summed E-state index contributed by atoms with van der Waals surface area (Å²) in [6.07, 6.45) is 5.01. The predicted molar refractivity (Wildman–Crippen MR) is 84.1 cm³/mol. The smallest absolute Gasteiger partial charge is 0.161 e. The summed E-state index contributed by atoms with van der Waals surface area (Å²) >= 11 is 0. The molecule has 0 radical (unpaired) electrons. The minimum Gasteiger partial charge on any atom is -0.228 e.